The lowest BCUT2D eigenvalue weighted by Crippen LogP contribution is -2.27. The average Bonchev–Trinajstić information content (AvgIpc) is 2.53. The van der Waals surface area contributed by atoms with Crippen LogP contribution in [0.25, 0.3) is 0 Å². The molecule has 0 N–H and O–H groups in total. The molecule has 2 heteroatoms. The Morgan fingerprint density at radius 2 is 2.00 bits per heavy atom. The van der Waals surface area contributed by atoms with Gasteiger partial charge in [-0.3, -0.25) is 0 Å². The van der Waals surface area contributed by atoms with Crippen molar-refractivity contribution in [1.29, 1.82) is 0 Å². The van der Waals surface area contributed by atoms with E-state index in [-0.39, 0.29) is 0 Å². The summed E-state index contributed by atoms with van der Waals surface area (Å²) in [5.74, 6) is -0.583. The van der Waals surface area contributed by atoms with Gasteiger partial charge in [-0.2, -0.15) is 0 Å². The van der Waals surface area contributed by atoms with Crippen molar-refractivity contribution in [1.82, 2.24) is 0 Å². The lowest BCUT2D eigenvalue weighted by atomic mass is 10.1. The zero-order chi connectivity index (χ0) is 9.73. The topological polar surface area (TPSA) is 18.5 Å². The van der Waals surface area contributed by atoms with E-state index >= 15 is 0 Å². The third-order valence-corrected chi connectivity index (χ3v) is 2.01. The van der Waals surface area contributed by atoms with Crippen LogP contribution >= 0.6 is 0 Å². The van der Waals surface area contributed by atoms with Gasteiger partial charge in [-0.05, 0) is 13.8 Å². The van der Waals surface area contributed by atoms with Crippen LogP contribution in [0.4, 0.5) is 0 Å². The molecule has 0 amide bonds. The van der Waals surface area contributed by atoms with Gasteiger partial charge >= 0.3 is 0 Å². The molecule has 72 valence electrons. The zero-order valence-electron chi connectivity index (χ0n) is 8.25. The Hall–Kier alpha value is -0.860. The number of hydrogen-bond acceptors (Lipinski definition) is 2. The maximum Gasteiger partial charge on any atom is 0.192 e. The second-order valence-corrected chi connectivity index (χ2v) is 3.00. The van der Waals surface area contributed by atoms with E-state index in [2.05, 4.69) is 6.58 Å². The molecule has 1 rings (SSSR count). The van der Waals surface area contributed by atoms with Crippen LogP contribution in [0, 0.1) is 0 Å². The first-order valence-corrected chi connectivity index (χ1v) is 4.47. The molecule has 1 fully saturated rings. The van der Waals surface area contributed by atoms with E-state index in [4.69, 9.17) is 9.47 Å². The summed E-state index contributed by atoms with van der Waals surface area (Å²) >= 11 is 0. The summed E-state index contributed by atoms with van der Waals surface area (Å²) in [5.41, 5.74) is 1.00. The molecule has 1 aliphatic rings. The van der Waals surface area contributed by atoms with Crippen LogP contribution in [0.3, 0.4) is 0 Å². The molecule has 0 bridgehead atoms. The van der Waals surface area contributed by atoms with Crippen molar-refractivity contribution < 1.29 is 9.47 Å². The Morgan fingerprint density at radius 1 is 1.38 bits per heavy atom. The number of rotatable bonds is 3. The SMILES string of the molecule is C=C/C=C(\C=C/C)C1(C)OCCO1. The molecule has 1 aliphatic heterocycles. The van der Waals surface area contributed by atoms with Crippen molar-refractivity contribution in [2.24, 2.45) is 0 Å². The Kier molecular flexibility index (Phi) is 3.46. The van der Waals surface area contributed by atoms with E-state index in [1.807, 2.05) is 32.1 Å². The molecule has 1 saturated heterocycles. The summed E-state index contributed by atoms with van der Waals surface area (Å²) in [6.07, 6.45) is 7.59. The smallest absolute Gasteiger partial charge is 0.192 e. The number of hydrogen-bond donors (Lipinski definition) is 0. The summed E-state index contributed by atoms with van der Waals surface area (Å²) in [7, 11) is 0. The summed E-state index contributed by atoms with van der Waals surface area (Å²) in [6, 6.07) is 0. The predicted octanol–water partition coefficient (Wildman–Crippen LogP) is 2.44. The van der Waals surface area contributed by atoms with Crippen LogP contribution in [0.1, 0.15) is 13.8 Å². The Balaban J connectivity index is 2.85. The fourth-order valence-electron chi connectivity index (χ4n) is 1.35. The van der Waals surface area contributed by atoms with Gasteiger partial charge in [0.15, 0.2) is 5.79 Å². The van der Waals surface area contributed by atoms with E-state index in [1.54, 1.807) is 6.08 Å². The van der Waals surface area contributed by atoms with Crippen molar-refractivity contribution in [3.63, 3.8) is 0 Å². The van der Waals surface area contributed by atoms with Gasteiger partial charge < -0.3 is 9.47 Å². The van der Waals surface area contributed by atoms with Crippen LogP contribution in [0.5, 0.6) is 0 Å². The van der Waals surface area contributed by atoms with E-state index in [1.165, 1.54) is 0 Å². The van der Waals surface area contributed by atoms with Gasteiger partial charge in [-0.1, -0.05) is 30.9 Å². The van der Waals surface area contributed by atoms with Crippen molar-refractivity contribution in [3.05, 3.63) is 36.5 Å². The fourth-order valence-corrected chi connectivity index (χ4v) is 1.35. The van der Waals surface area contributed by atoms with Crippen LogP contribution in [-0.4, -0.2) is 19.0 Å². The molecule has 0 aromatic heterocycles. The molecule has 0 aromatic rings. The monoisotopic (exact) mass is 180 g/mol. The van der Waals surface area contributed by atoms with E-state index in [0.29, 0.717) is 13.2 Å². The van der Waals surface area contributed by atoms with Crippen molar-refractivity contribution in [2.45, 2.75) is 19.6 Å². The first-order chi connectivity index (χ1) is 6.23. The third-order valence-electron chi connectivity index (χ3n) is 2.01. The molecule has 0 spiro atoms. The maximum atomic E-state index is 5.52. The molecule has 0 atom stereocenters. The highest BCUT2D eigenvalue weighted by atomic mass is 16.7. The Bertz CT molecular complexity index is 232. The molecule has 0 radical (unpaired) electrons. The van der Waals surface area contributed by atoms with Gasteiger partial charge in [0.25, 0.3) is 0 Å². The predicted molar refractivity (Wildman–Crippen MR) is 53.4 cm³/mol. The Labute approximate surface area is 79.5 Å². The second kappa shape index (κ2) is 4.40. The first-order valence-electron chi connectivity index (χ1n) is 4.47. The normalized spacial score (nSPS) is 22.5. The highest BCUT2D eigenvalue weighted by molar-refractivity contribution is 5.29. The van der Waals surface area contributed by atoms with E-state index in [9.17, 15) is 0 Å². The van der Waals surface area contributed by atoms with E-state index in [0.717, 1.165) is 5.57 Å². The lowest BCUT2D eigenvalue weighted by molar-refractivity contribution is -0.107. The van der Waals surface area contributed by atoms with Crippen LogP contribution in [0.15, 0.2) is 36.5 Å². The first kappa shape index (κ1) is 10.2. The van der Waals surface area contributed by atoms with Crippen molar-refractivity contribution in [3.8, 4) is 0 Å². The molecular weight excluding hydrogens is 164 g/mol. The van der Waals surface area contributed by atoms with Crippen LogP contribution in [0.2, 0.25) is 0 Å². The van der Waals surface area contributed by atoms with Gasteiger partial charge in [-0.25, -0.2) is 0 Å². The summed E-state index contributed by atoms with van der Waals surface area (Å²) in [5, 5.41) is 0. The maximum absolute atomic E-state index is 5.52. The minimum atomic E-state index is -0.583. The van der Waals surface area contributed by atoms with Gasteiger partial charge in [0.05, 0.1) is 13.2 Å². The largest absolute Gasteiger partial charge is 0.344 e. The molecule has 2 nitrogen and oxygen atoms in total. The molecular formula is C11H16O2. The van der Waals surface area contributed by atoms with Gasteiger partial charge in [-0.15, -0.1) is 0 Å². The third kappa shape index (κ3) is 2.29. The van der Waals surface area contributed by atoms with Gasteiger partial charge in [0.1, 0.15) is 0 Å². The minimum Gasteiger partial charge on any atom is -0.344 e. The molecule has 1 heterocycles. The molecule has 13 heavy (non-hydrogen) atoms. The fraction of sp³-hybridized carbons (Fsp3) is 0.455. The minimum absolute atomic E-state index is 0.583. The second-order valence-electron chi connectivity index (χ2n) is 3.00. The van der Waals surface area contributed by atoms with Gasteiger partial charge in [0, 0.05) is 5.57 Å². The molecule has 0 aliphatic carbocycles. The van der Waals surface area contributed by atoms with Crippen LogP contribution < -0.4 is 0 Å². The molecule has 0 saturated carbocycles. The summed E-state index contributed by atoms with van der Waals surface area (Å²) < 4.78 is 11.0. The average molecular weight is 180 g/mol. The summed E-state index contributed by atoms with van der Waals surface area (Å²) in [4.78, 5) is 0. The highest BCUT2D eigenvalue weighted by Crippen LogP contribution is 2.28. The lowest BCUT2D eigenvalue weighted by Gasteiger charge is -2.23. The highest BCUT2D eigenvalue weighted by Gasteiger charge is 2.33. The molecule has 0 unspecified atom stereocenters. The Morgan fingerprint density at radius 3 is 2.46 bits per heavy atom. The van der Waals surface area contributed by atoms with Crippen molar-refractivity contribution >= 4 is 0 Å². The van der Waals surface area contributed by atoms with Crippen LogP contribution in [-0.2, 0) is 9.47 Å². The zero-order valence-corrected chi connectivity index (χ0v) is 8.25. The van der Waals surface area contributed by atoms with E-state index < -0.39 is 5.79 Å². The molecule has 0 aromatic carbocycles. The van der Waals surface area contributed by atoms with Gasteiger partial charge in [0.2, 0.25) is 0 Å². The summed E-state index contributed by atoms with van der Waals surface area (Å²) in [6.45, 7) is 8.87. The standard InChI is InChI=1S/C11H16O2/c1-4-6-10(7-5-2)11(3)12-8-9-13-11/h4-7H,1,8-9H2,2-3H3/b7-5-,10-6+. The number of allylic oxidation sites excluding steroid dienone is 3. The van der Waals surface area contributed by atoms with Crippen molar-refractivity contribution in [2.75, 3.05) is 13.2 Å². The quantitative estimate of drug-likeness (QED) is 0.621. The number of ether oxygens (including phenoxy) is 2.